The molecule has 0 aromatic heterocycles. The van der Waals surface area contributed by atoms with Crippen molar-refractivity contribution in [1.29, 1.82) is 0 Å². The molecule has 0 aliphatic rings. The second-order valence-electron chi connectivity index (χ2n) is 4.45. The van der Waals surface area contributed by atoms with E-state index in [2.05, 4.69) is 0 Å². The van der Waals surface area contributed by atoms with E-state index in [0.29, 0.717) is 12.0 Å². The highest BCUT2D eigenvalue weighted by Gasteiger charge is 2.12. The lowest BCUT2D eigenvalue weighted by molar-refractivity contribution is 0.0980. The van der Waals surface area contributed by atoms with Crippen LogP contribution in [0.25, 0.3) is 0 Å². The number of aromatic hydroxyl groups is 4. The Bertz CT molecular complexity index is 649. The highest BCUT2D eigenvalue weighted by Crippen LogP contribution is 2.27. The highest BCUT2D eigenvalue weighted by atomic mass is 16.3. The minimum Gasteiger partial charge on any atom is -0.508 e. The minimum absolute atomic E-state index is 0.109. The van der Waals surface area contributed by atoms with Crippen LogP contribution in [0.2, 0.25) is 0 Å². The molecule has 0 atom stereocenters. The molecule has 5 nitrogen and oxygen atoms in total. The predicted octanol–water partition coefficient (Wildman–Crippen LogP) is 2.32. The zero-order chi connectivity index (χ0) is 14.7. The van der Waals surface area contributed by atoms with Crippen molar-refractivity contribution in [1.82, 2.24) is 0 Å². The van der Waals surface area contributed by atoms with Gasteiger partial charge in [0.2, 0.25) is 0 Å². The Kier molecular flexibility index (Phi) is 3.79. The first kappa shape index (κ1) is 13.7. The van der Waals surface area contributed by atoms with Crippen molar-refractivity contribution >= 4 is 5.78 Å². The molecule has 2 aromatic rings. The van der Waals surface area contributed by atoms with Crippen molar-refractivity contribution in [2.45, 2.75) is 12.8 Å². The maximum atomic E-state index is 11.9. The molecular formula is C15H14O5. The summed E-state index contributed by atoms with van der Waals surface area (Å²) < 4.78 is 0. The molecule has 0 unspecified atom stereocenters. The van der Waals surface area contributed by atoms with Gasteiger partial charge in [0.05, 0.1) is 5.56 Å². The van der Waals surface area contributed by atoms with Gasteiger partial charge in [0.15, 0.2) is 17.3 Å². The van der Waals surface area contributed by atoms with Crippen LogP contribution in [0.4, 0.5) is 0 Å². The summed E-state index contributed by atoms with van der Waals surface area (Å²) >= 11 is 0. The van der Waals surface area contributed by atoms with Gasteiger partial charge in [0.1, 0.15) is 11.5 Å². The van der Waals surface area contributed by atoms with E-state index >= 15 is 0 Å². The third-order valence-corrected chi connectivity index (χ3v) is 2.96. The summed E-state index contributed by atoms with van der Waals surface area (Å²) in [4.78, 5) is 11.9. The molecule has 0 spiro atoms. The van der Waals surface area contributed by atoms with E-state index in [1.165, 1.54) is 24.3 Å². The van der Waals surface area contributed by atoms with Crippen molar-refractivity contribution in [3.8, 4) is 23.0 Å². The summed E-state index contributed by atoms with van der Waals surface area (Å²) in [6.07, 6.45) is 0.509. The number of Topliss-reactive ketones (excluding diaryl/α,β-unsaturated/α-hetero) is 1. The van der Waals surface area contributed by atoms with Crippen LogP contribution in [0.15, 0.2) is 36.4 Å². The van der Waals surface area contributed by atoms with E-state index in [4.69, 9.17) is 5.11 Å². The molecule has 0 heterocycles. The number of ketones is 1. The van der Waals surface area contributed by atoms with Gasteiger partial charge in [-0.1, -0.05) is 6.07 Å². The number of benzene rings is 2. The predicted molar refractivity (Wildman–Crippen MR) is 72.2 cm³/mol. The molecule has 20 heavy (non-hydrogen) atoms. The van der Waals surface area contributed by atoms with Gasteiger partial charge < -0.3 is 20.4 Å². The average Bonchev–Trinajstić information content (AvgIpc) is 2.40. The van der Waals surface area contributed by atoms with Gasteiger partial charge in [-0.15, -0.1) is 0 Å². The van der Waals surface area contributed by atoms with E-state index in [1.807, 2.05) is 0 Å². The Balaban J connectivity index is 2.06. The monoisotopic (exact) mass is 274 g/mol. The molecular weight excluding hydrogens is 260 g/mol. The zero-order valence-corrected chi connectivity index (χ0v) is 10.6. The van der Waals surface area contributed by atoms with Gasteiger partial charge >= 0.3 is 0 Å². The first-order chi connectivity index (χ1) is 9.47. The van der Waals surface area contributed by atoms with Gasteiger partial charge in [0, 0.05) is 12.5 Å². The third kappa shape index (κ3) is 3.00. The van der Waals surface area contributed by atoms with E-state index in [1.54, 1.807) is 6.07 Å². The lowest BCUT2D eigenvalue weighted by Crippen LogP contribution is -2.01. The first-order valence-corrected chi connectivity index (χ1v) is 6.03. The average molecular weight is 274 g/mol. The summed E-state index contributed by atoms with van der Waals surface area (Å²) in [5, 5.41) is 37.3. The van der Waals surface area contributed by atoms with Gasteiger partial charge in [-0.3, -0.25) is 4.79 Å². The molecule has 0 radical (unpaired) electrons. The fraction of sp³-hybridized carbons (Fsp3) is 0.133. The van der Waals surface area contributed by atoms with Crippen molar-refractivity contribution in [2.75, 3.05) is 0 Å². The second-order valence-corrected chi connectivity index (χ2v) is 4.45. The molecule has 5 heteroatoms. The van der Waals surface area contributed by atoms with Crippen molar-refractivity contribution < 1.29 is 25.2 Å². The van der Waals surface area contributed by atoms with Crippen LogP contribution in [-0.4, -0.2) is 26.2 Å². The molecule has 4 N–H and O–H groups in total. The molecule has 0 saturated heterocycles. The van der Waals surface area contributed by atoms with Crippen LogP contribution in [0.1, 0.15) is 22.3 Å². The van der Waals surface area contributed by atoms with Gasteiger partial charge in [-0.25, -0.2) is 0 Å². The summed E-state index contributed by atoms with van der Waals surface area (Å²) in [7, 11) is 0. The number of phenolic OH excluding ortho intramolecular Hbond substituents is 4. The lowest BCUT2D eigenvalue weighted by atomic mass is 10.0. The van der Waals surface area contributed by atoms with Gasteiger partial charge in [0.25, 0.3) is 0 Å². The van der Waals surface area contributed by atoms with Crippen LogP contribution in [0.3, 0.4) is 0 Å². The van der Waals surface area contributed by atoms with Crippen LogP contribution in [-0.2, 0) is 6.42 Å². The van der Waals surface area contributed by atoms with Gasteiger partial charge in [-0.2, -0.15) is 0 Å². The molecule has 0 aliphatic carbocycles. The van der Waals surface area contributed by atoms with Crippen molar-refractivity contribution in [3.63, 3.8) is 0 Å². The Morgan fingerprint density at radius 2 is 1.60 bits per heavy atom. The number of phenols is 4. The first-order valence-electron chi connectivity index (χ1n) is 6.03. The topological polar surface area (TPSA) is 98.0 Å². The van der Waals surface area contributed by atoms with Crippen LogP contribution < -0.4 is 0 Å². The summed E-state index contributed by atoms with van der Waals surface area (Å²) in [6.45, 7) is 0. The van der Waals surface area contributed by atoms with Crippen LogP contribution in [0, 0.1) is 0 Å². The van der Waals surface area contributed by atoms with Crippen molar-refractivity contribution in [3.05, 3.63) is 47.5 Å². The number of rotatable bonds is 4. The van der Waals surface area contributed by atoms with E-state index in [-0.39, 0.29) is 40.8 Å². The Morgan fingerprint density at radius 1 is 0.850 bits per heavy atom. The summed E-state index contributed by atoms with van der Waals surface area (Å²) in [5.41, 5.74) is 0.845. The van der Waals surface area contributed by atoms with Crippen molar-refractivity contribution in [2.24, 2.45) is 0 Å². The molecule has 104 valence electrons. The zero-order valence-electron chi connectivity index (χ0n) is 10.6. The fourth-order valence-electron chi connectivity index (χ4n) is 1.87. The second kappa shape index (κ2) is 5.52. The lowest BCUT2D eigenvalue weighted by Gasteiger charge is -2.05. The standard InChI is InChI=1S/C15H14O5/c16-10-3-4-11(14(19)8-10)12(17)5-1-9-2-6-13(18)15(20)7-9/h2-4,6-8,16,18-20H,1,5H2. The SMILES string of the molecule is O=C(CCc1ccc(O)c(O)c1)c1ccc(O)cc1O. The Labute approximate surface area is 115 Å². The maximum Gasteiger partial charge on any atom is 0.166 e. The summed E-state index contributed by atoms with van der Waals surface area (Å²) in [6, 6.07) is 8.16. The van der Waals surface area contributed by atoms with E-state index < -0.39 is 0 Å². The number of hydrogen-bond donors (Lipinski definition) is 4. The van der Waals surface area contributed by atoms with Gasteiger partial charge in [-0.05, 0) is 36.2 Å². The number of hydrogen-bond acceptors (Lipinski definition) is 5. The van der Waals surface area contributed by atoms with E-state index in [9.17, 15) is 20.1 Å². The molecule has 0 amide bonds. The normalized spacial score (nSPS) is 10.4. The molecule has 0 aliphatic heterocycles. The van der Waals surface area contributed by atoms with Crippen LogP contribution >= 0.6 is 0 Å². The van der Waals surface area contributed by atoms with E-state index in [0.717, 1.165) is 6.07 Å². The third-order valence-electron chi connectivity index (χ3n) is 2.96. The Morgan fingerprint density at radius 3 is 2.25 bits per heavy atom. The maximum absolute atomic E-state index is 11.9. The Hall–Kier alpha value is -2.69. The number of carbonyl (C=O) groups excluding carboxylic acids is 1. The highest BCUT2D eigenvalue weighted by molar-refractivity contribution is 5.98. The molecule has 0 fully saturated rings. The largest absolute Gasteiger partial charge is 0.508 e. The summed E-state index contributed by atoms with van der Waals surface area (Å²) in [5.74, 6) is -1.08. The number of carbonyl (C=O) groups is 1. The number of aryl methyl sites for hydroxylation is 1. The fourth-order valence-corrected chi connectivity index (χ4v) is 1.87. The molecule has 2 aromatic carbocycles. The van der Waals surface area contributed by atoms with Crippen LogP contribution in [0.5, 0.6) is 23.0 Å². The smallest absolute Gasteiger partial charge is 0.166 e. The molecule has 2 rings (SSSR count). The minimum atomic E-state index is -0.268. The molecule has 0 saturated carbocycles. The molecule has 0 bridgehead atoms. The quantitative estimate of drug-likeness (QED) is 0.506.